The molecule has 2 fully saturated rings. The molecule has 41 heavy (non-hydrogen) atoms. The Labute approximate surface area is 229 Å². The molecule has 2 aliphatic rings. The van der Waals surface area contributed by atoms with Gasteiger partial charge < -0.3 is 14.9 Å². The van der Waals surface area contributed by atoms with Crippen molar-refractivity contribution in [3.05, 3.63) is 71.3 Å². The highest BCUT2D eigenvalue weighted by molar-refractivity contribution is 5.73. The quantitative estimate of drug-likeness (QED) is 0.473. The van der Waals surface area contributed by atoms with E-state index in [4.69, 9.17) is 24.5 Å². The molecule has 0 aromatic heterocycles. The topological polar surface area (TPSA) is 90.3 Å². The van der Waals surface area contributed by atoms with Gasteiger partial charge >= 0.3 is 24.3 Å². The largest absolute Gasteiger partial charge is 0.490 e. The summed E-state index contributed by atoms with van der Waals surface area (Å²) in [7, 11) is 0. The van der Waals surface area contributed by atoms with Crippen molar-refractivity contribution >= 4 is 11.9 Å². The van der Waals surface area contributed by atoms with Crippen molar-refractivity contribution in [2.75, 3.05) is 32.8 Å². The van der Waals surface area contributed by atoms with Crippen LogP contribution in [0.25, 0.3) is 0 Å². The molecule has 0 atom stereocenters. The summed E-state index contributed by atoms with van der Waals surface area (Å²) >= 11 is 0. The Balaban J connectivity index is 0.000000349. The number of likely N-dealkylation sites (tertiary alicyclic amines) is 1. The number of nitrogens with zero attached hydrogens (tertiary/aromatic N) is 2. The minimum absolute atomic E-state index is 0.0262. The molecule has 2 saturated heterocycles. The molecule has 228 valence electrons. The van der Waals surface area contributed by atoms with Crippen LogP contribution in [0.4, 0.5) is 35.1 Å². The van der Waals surface area contributed by atoms with Gasteiger partial charge in [-0.2, -0.15) is 26.3 Å². The van der Waals surface area contributed by atoms with E-state index in [1.807, 2.05) is 24.3 Å². The third kappa shape index (κ3) is 10.9. The molecule has 7 nitrogen and oxygen atoms in total. The molecule has 2 N–H and O–H groups in total. The Morgan fingerprint density at radius 2 is 1.32 bits per heavy atom. The summed E-state index contributed by atoms with van der Waals surface area (Å²) in [6, 6.07) is 13.8. The fraction of sp³-hybridized carbons (Fsp3) is 0.462. The fourth-order valence-corrected chi connectivity index (χ4v) is 4.28. The lowest BCUT2D eigenvalue weighted by Crippen LogP contribution is -2.60. The monoisotopic (exact) mass is 600 g/mol. The predicted molar refractivity (Wildman–Crippen MR) is 129 cm³/mol. The van der Waals surface area contributed by atoms with E-state index in [0.717, 1.165) is 63.4 Å². The van der Waals surface area contributed by atoms with E-state index in [1.165, 1.54) is 18.2 Å². The van der Waals surface area contributed by atoms with Crippen molar-refractivity contribution in [2.24, 2.45) is 0 Å². The third-order valence-corrected chi connectivity index (χ3v) is 6.46. The van der Waals surface area contributed by atoms with Crippen molar-refractivity contribution in [3.63, 3.8) is 0 Å². The van der Waals surface area contributed by atoms with Gasteiger partial charge in [0.05, 0.1) is 13.2 Å². The van der Waals surface area contributed by atoms with Crippen molar-refractivity contribution in [1.29, 1.82) is 0 Å². The zero-order chi connectivity index (χ0) is 30.8. The Hall–Kier alpha value is -3.30. The van der Waals surface area contributed by atoms with Crippen molar-refractivity contribution < 1.29 is 59.7 Å². The van der Waals surface area contributed by atoms with Gasteiger partial charge in [0.1, 0.15) is 11.6 Å². The summed E-state index contributed by atoms with van der Waals surface area (Å²) < 4.78 is 96.5. The number of alkyl halides is 6. The second-order valence-electron chi connectivity index (χ2n) is 9.30. The van der Waals surface area contributed by atoms with Crippen LogP contribution in [-0.2, 0) is 27.4 Å². The van der Waals surface area contributed by atoms with E-state index in [-0.39, 0.29) is 17.2 Å². The number of rotatable bonds is 4. The van der Waals surface area contributed by atoms with Crippen LogP contribution in [0.1, 0.15) is 24.0 Å². The van der Waals surface area contributed by atoms with Crippen molar-refractivity contribution in [1.82, 2.24) is 9.80 Å². The number of ether oxygens (including phenoxy) is 1. The number of piperidine rings is 1. The van der Waals surface area contributed by atoms with E-state index in [9.17, 15) is 35.1 Å². The highest BCUT2D eigenvalue weighted by atomic mass is 19.4. The van der Waals surface area contributed by atoms with Crippen molar-refractivity contribution in [2.45, 2.75) is 43.8 Å². The smallest absolute Gasteiger partial charge is 0.475 e. The maximum atomic E-state index is 13.9. The van der Waals surface area contributed by atoms with E-state index < -0.39 is 24.3 Å². The summed E-state index contributed by atoms with van der Waals surface area (Å²) in [6.45, 7) is 5.70. The predicted octanol–water partition coefficient (Wildman–Crippen LogP) is 5.10. The van der Waals surface area contributed by atoms with Gasteiger partial charge in [0.2, 0.25) is 0 Å². The second-order valence-corrected chi connectivity index (χ2v) is 9.30. The molecule has 0 unspecified atom stereocenters. The fourth-order valence-electron chi connectivity index (χ4n) is 4.28. The number of aliphatic carboxylic acids is 2. The van der Waals surface area contributed by atoms with Crippen LogP contribution in [0.5, 0.6) is 0 Å². The lowest BCUT2D eigenvalue weighted by Gasteiger charge is -2.51. The lowest BCUT2D eigenvalue weighted by molar-refractivity contribution is -0.193. The van der Waals surface area contributed by atoms with E-state index >= 15 is 0 Å². The average molecular weight is 601 g/mol. The Morgan fingerprint density at radius 3 is 1.80 bits per heavy atom. The maximum absolute atomic E-state index is 13.9. The number of hydrogen-bond acceptors (Lipinski definition) is 5. The number of carboxylic acids is 2. The zero-order valence-corrected chi connectivity index (χ0v) is 21.5. The molecule has 0 saturated carbocycles. The Morgan fingerprint density at radius 1 is 0.805 bits per heavy atom. The van der Waals surface area contributed by atoms with Gasteiger partial charge in [0.25, 0.3) is 0 Å². The molecule has 4 rings (SSSR count). The third-order valence-electron chi connectivity index (χ3n) is 6.46. The first-order valence-electron chi connectivity index (χ1n) is 12.2. The highest BCUT2D eigenvalue weighted by Crippen LogP contribution is 2.33. The highest BCUT2D eigenvalue weighted by Gasteiger charge is 2.42. The summed E-state index contributed by atoms with van der Waals surface area (Å²) in [4.78, 5) is 22.6. The molecule has 2 aromatic rings. The van der Waals surface area contributed by atoms with Crippen LogP contribution in [0.15, 0.2) is 48.5 Å². The molecule has 0 amide bonds. The molecule has 2 heterocycles. The van der Waals surface area contributed by atoms with Crippen molar-refractivity contribution in [3.8, 4) is 0 Å². The SMILES string of the molecule is Fc1ccc(CN2CCOCC23CCN(Cc2ccccc2F)CC3)cc1.O=C(O)C(F)(F)F.O=C(O)C(F)(F)F. The summed E-state index contributed by atoms with van der Waals surface area (Å²) in [5.74, 6) is -5.84. The molecule has 15 heteroatoms. The number of carbonyl (C=O) groups is 2. The molecule has 2 aromatic carbocycles. The normalized spacial score (nSPS) is 17.6. The van der Waals surface area contributed by atoms with Crippen LogP contribution in [0.3, 0.4) is 0 Å². The van der Waals surface area contributed by atoms with Crippen LogP contribution in [0.2, 0.25) is 0 Å². The van der Waals surface area contributed by atoms with Gasteiger partial charge in [-0.1, -0.05) is 30.3 Å². The van der Waals surface area contributed by atoms with Gasteiger partial charge in [-0.3, -0.25) is 9.80 Å². The number of halogens is 8. The van der Waals surface area contributed by atoms with Crippen LogP contribution < -0.4 is 0 Å². The average Bonchev–Trinajstić information content (AvgIpc) is 2.89. The summed E-state index contributed by atoms with van der Waals surface area (Å²) in [6.07, 6.45) is -8.16. The van der Waals surface area contributed by atoms with Crippen LogP contribution >= 0.6 is 0 Å². The first kappa shape index (κ1) is 33.9. The maximum Gasteiger partial charge on any atom is 0.490 e. The number of morpholine rings is 1. The van der Waals surface area contributed by atoms with Gasteiger partial charge in [-0.05, 0) is 36.6 Å². The molecule has 2 aliphatic heterocycles. The minimum Gasteiger partial charge on any atom is -0.475 e. The summed E-state index contributed by atoms with van der Waals surface area (Å²) in [5.41, 5.74) is 1.92. The Kier molecular flexibility index (Phi) is 12.0. The number of benzene rings is 2. The minimum atomic E-state index is -5.08. The first-order chi connectivity index (χ1) is 19.0. The van der Waals surface area contributed by atoms with Crippen LogP contribution in [0, 0.1) is 11.6 Å². The molecular weight excluding hydrogens is 572 g/mol. The van der Waals surface area contributed by atoms with Gasteiger partial charge in [0.15, 0.2) is 0 Å². The molecule has 1 spiro atoms. The van der Waals surface area contributed by atoms with E-state index in [0.29, 0.717) is 6.54 Å². The molecule has 0 aliphatic carbocycles. The van der Waals surface area contributed by atoms with E-state index in [1.54, 1.807) is 6.07 Å². The standard InChI is InChI=1S/C22H26F2N2O.2C2HF3O2/c23-20-7-5-18(6-8-20)15-26-13-14-27-17-22(26)9-11-25(12-10-22)16-19-3-1-2-4-21(19)24;2*3-2(4,5)1(6)7/h1-8H,9-17H2;2*(H,6,7). The van der Waals surface area contributed by atoms with Crippen LogP contribution in [-0.4, -0.2) is 82.7 Å². The van der Waals surface area contributed by atoms with E-state index in [2.05, 4.69) is 9.80 Å². The second kappa shape index (κ2) is 14.5. The summed E-state index contributed by atoms with van der Waals surface area (Å²) in [5, 5.41) is 14.2. The van der Waals surface area contributed by atoms with Gasteiger partial charge in [-0.25, -0.2) is 18.4 Å². The van der Waals surface area contributed by atoms with Gasteiger partial charge in [0, 0.05) is 43.8 Å². The first-order valence-corrected chi connectivity index (χ1v) is 12.2. The molecule has 0 bridgehead atoms. The number of hydrogen-bond donors (Lipinski definition) is 2. The van der Waals surface area contributed by atoms with Gasteiger partial charge in [-0.15, -0.1) is 0 Å². The molecular formula is C26H28F8N2O5. The number of carboxylic acid groups (broad SMARTS) is 2. The zero-order valence-electron chi connectivity index (χ0n) is 21.5. The molecule has 0 radical (unpaired) electrons. The Bertz CT molecular complexity index is 1110. The lowest BCUT2D eigenvalue weighted by atomic mass is 9.84.